The van der Waals surface area contributed by atoms with Gasteiger partial charge in [-0.2, -0.15) is 0 Å². The van der Waals surface area contributed by atoms with Crippen LogP contribution < -0.4 is 10.1 Å². The minimum Gasteiger partial charge on any atom is -0.496 e. The smallest absolute Gasteiger partial charge is 0.274 e. The van der Waals surface area contributed by atoms with Crippen molar-refractivity contribution in [2.24, 2.45) is 0 Å². The Morgan fingerprint density at radius 2 is 1.86 bits per heavy atom. The molecular formula is C21H23N5O2. The zero-order valence-corrected chi connectivity index (χ0v) is 16.0. The Kier molecular flexibility index (Phi) is 6.51. The second-order valence-corrected chi connectivity index (χ2v) is 6.30. The molecule has 0 aliphatic rings. The molecule has 0 radical (unpaired) electrons. The number of nitrogens with one attached hydrogen (secondary N) is 1. The SMILES string of the molecule is COc1ccccc1CNc1ccc(C(=O)N(C)CCc2ccncc2)nn1. The third-order valence-corrected chi connectivity index (χ3v) is 4.37. The van der Waals surface area contributed by atoms with Crippen LogP contribution in [0.15, 0.2) is 60.9 Å². The summed E-state index contributed by atoms with van der Waals surface area (Å²) in [6.07, 6.45) is 4.26. The predicted octanol–water partition coefficient (Wildman–Crippen LogP) is 2.81. The molecule has 0 bridgehead atoms. The fourth-order valence-corrected chi connectivity index (χ4v) is 2.72. The summed E-state index contributed by atoms with van der Waals surface area (Å²) in [5.74, 6) is 1.25. The Morgan fingerprint density at radius 1 is 1.07 bits per heavy atom. The molecule has 0 aliphatic carbocycles. The van der Waals surface area contributed by atoms with Gasteiger partial charge >= 0.3 is 0 Å². The Balaban J connectivity index is 1.55. The first-order valence-electron chi connectivity index (χ1n) is 9.01. The lowest BCUT2D eigenvalue weighted by molar-refractivity contribution is 0.0789. The molecule has 2 heterocycles. The molecular weight excluding hydrogens is 354 g/mol. The van der Waals surface area contributed by atoms with Crippen LogP contribution in [-0.2, 0) is 13.0 Å². The molecule has 1 aromatic carbocycles. The van der Waals surface area contributed by atoms with Gasteiger partial charge in [0, 0.05) is 38.1 Å². The number of carbonyl (C=O) groups is 1. The second-order valence-electron chi connectivity index (χ2n) is 6.30. The molecule has 0 spiro atoms. The number of rotatable bonds is 8. The number of likely N-dealkylation sites (N-methyl/N-ethyl adjacent to an activating group) is 1. The standard InChI is InChI=1S/C21H23N5O2/c1-26(14-11-16-9-12-22-13-10-16)21(27)18-7-8-20(25-24-18)23-15-17-5-3-4-6-19(17)28-2/h3-10,12-13H,11,14-15H2,1-2H3,(H,23,25). The van der Waals surface area contributed by atoms with Crippen molar-refractivity contribution < 1.29 is 9.53 Å². The van der Waals surface area contributed by atoms with Crippen molar-refractivity contribution >= 4 is 11.7 Å². The van der Waals surface area contributed by atoms with Crippen molar-refractivity contribution in [3.05, 3.63) is 77.7 Å². The monoisotopic (exact) mass is 377 g/mol. The van der Waals surface area contributed by atoms with E-state index in [1.54, 1.807) is 43.6 Å². The largest absolute Gasteiger partial charge is 0.496 e. The predicted molar refractivity (Wildman–Crippen MR) is 107 cm³/mol. The molecule has 0 atom stereocenters. The van der Waals surface area contributed by atoms with Crippen LogP contribution in [0.4, 0.5) is 5.82 Å². The summed E-state index contributed by atoms with van der Waals surface area (Å²) >= 11 is 0. The number of para-hydroxylation sites is 1. The lowest BCUT2D eigenvalue weighted by Gasteiger charge is -2.16. The molecule has 144 valence electrons. The highest BCUT2D eigenvalue weighted by atomic mass is 16.5. The molecule has 2 aromatic heterocycles. The maximum Gasteiger partial charge on any atom is 0.274 e. The number of hydrogen-bond acceptors (Lipinski definition) is 6. The quantitative estimate of drug-likeness (QED) is 0.650. The van der Waals surface area contributed by atoms with E-state index in [2.05, 4.69) is 20.5 Å². The van der Waals surface area contributed by atoms with Crippen molar-refractivity contribution in [3.63, 3.8) is 0 Å². The van der Waals surface area contributed by atoms with Gasteiger partial charge < -0.3 is 15.0 Å². The van der Waals surface area contributed by atoms with Gasteiger partial charge in [-0.05, 0) is 42.3 Å². The minimum atomic E-state index is -0.155. The molecule has 7 nitrogen and oxygen atoms in total. The summed E-state index contributed by atoms with van der Waals surface area (Å²) < 4.78 is 5.34. The van der Waals surface area contributed by atoms with E-state index in [-0.39, 0.29) is 5.91 Å². The second kappa shape index (κ2) is 9.45. The van der Waals surface area contributed by atoms with Crippen molar-refractivity contribution in [1.29, 1.82) is 0 Å². The first-order chi connectivity index (χ1) is 13.7. The maximum atomic E-state index is 12.5. The number of carbonyl (C=O) groups excluding carboxylic acids is 1. The van der Waals surface area contributed by atoms with E-state index in [9.17, 15) is 4.79 Å². The molecule has 1 amide bonds. The lowest BCUT2D eigenvalue weighted by Crippen LogP contribution is -2.29. The van der Waals surface area contributed by atoms with Crippen LogP contribution in [0.3, 0.4) is 0 Å². The van der Waals surface area contributed by atoms with Gasteiger partial charge in [-0.15, -0.1) is 10.2 Å². The van der Waals surface area contributed by atoms with Crippen molar-refractivity contribution in [3.8, 4) is 5.75 Å². The number of ether oxygens (including phenoxy) is 1. The molecule has 1 N–H and O–H groups in total. The Morgan fingerprint density at radius 3 is 2.57 bits per heavy atom. The molecule has 3 rings (SSSR count). The van der Waals surface area contributed by atoms with Crippen molar-refractivity contribution in [1.82, 2.24) is 20.1 Å². The van der Waals surface area contributed by atoms with E-state index in [0.29, 0.717) is 24.6 Å². The number of anilines is 1. The third kappa shape index (κ3) is 5.03. The number of methoxy groups -OCH3 is 1. The molecule has 7 heteroatoms. The summed E-state index contributed by atoms with van der Waals surface area (Å²) in [5.41, 5.74) is 2.47. The van der Waals surface area contributed by atoms with Gasteiger partial charge in [0.15, 0.2) is 5.69 Å². The molecule has 3 aromatic rings. The molecule has 0 saturated carbocycles. The summed E-state index contributed by atoms with van der Waals surface area (Å²) in [6, 6.07) is 15.1. The number of pyridine rings is 1. The van der Waals surface area contributed by atoms with E-state index in [1.165, 1.54) is 0 Å². The van der Waals surface area contributed by atoms with E-state index in [4.69, 9.17) is 4.74 Å². The lowest BCUT2D eigenvalue weighted by atomic mass is 10.2. The molecule has 0 fully saturated rings. The summed E-state index contributed by atoms with van der Waals surface area (Å²) in [5, 5.41) is 11.4. The number of benzene rings is 1. The van der Waals surface area contributed by atoms with E-state index >= 15 is 0 Å². The number of nitrogens with zero attached hydrogens (tertiary/aromatic N) is 4. The Bertz CT molecular complexity index is 900. The maximum absolute atomic E-state index is 12.5. The zero-order valence-electron chi connectivity index (χ0n) is 16.0. The van der Waals surface area contributed by atoms with E-state index in [0.717, 1.165) is 23.3 Å². The Hall–Kier alpha value is -3.48. The molecule has 28 heavy (non-hydrogen) atoms. The average Bonchev–Trinajstić information content (AvgIpc) is 2.76. The summed E-state index contributed by atoms with van der Waals surface area (Å²) in [4.78, 5) is 18.2. The summed E-state index contributed by atoms with van der Waals surface area (Å²) in [6.45, 7) is 1.15. The zero-order chi connectivity index (χ0) is 19.8. The van der Waals surface area contributed by atoms with Gasteiger partial charge in [0.1, 0.15) is 11.6 Å². The van der Waals surface area contributed by atoms with Crippen LogP contribution in [0.25, 0.3) is 0 Å². The van der Waals surface area contributed by atoms with E-state index in [1.807, 2.05) is 36.4 Å². The number of hydrogen-bond donors (Lipinski definition) is 1. The van der Waals surface area contributed by atoms with Gasteiger partial charge in [0.25, 0.3) is 5.91 Å². The first-order valence-corrected chi connectivity index (χ1v) is 9.01. The number of aromatic nitrogens is 3. The minimum absolute atomic E-state index is 0.155. The van der Waals surface area contributed by atoms with Crippen molar-refractivity contribution in [2.75, 3.05) is 26.0 Å². The third-order valence-electron chi connectivity index (χ3n) is 4.37. The van der Waals surface area contributed by atoms with Crippen LogP contribution in [0.2, 0.25) is 0 Å². The average molecular weight is 377 g/mol. The van der Waals surface area contributed by atoms with Crippen LogP contribution in [-0.4, -0.2) is 46.7 Å². The van der Waals surface area contributed by atoms with Gasteiger partial charge in [-0.3, -0.25) is 9.78 Å². The van der Waals surface area contributed by atoms with Crippen LogP contribution >= 0.6 is 0 Å². The normalized spacial score (nSPS) is 10.4. The van der Waals surface area contributed by atoms with Crippen LogP contribution in [0, 0.1) is 0 Å². The summed E-state index contributed by atoms with van der Waals surface area (Å²) in [7, 11) is 3.41. The van der Waals surface area contributed by atoms with E-state index < -0.39 is 0 Å². The van der Waals surface area contributed by atoms with Gasteiger partial charge in [-0.25, -0.2) is 0 Å². The number of amides is 1. The Labute approximate surface area is 164 Å². The van der Waals surface area contributed by atoms with Crippen LogP contribution in [0.5, 0.6) is 5.75 Å². The highest BCUT2D eigenvalue weighted by Crippen LogP contribution is 2.18. The highest BCUT2D eigenvalue weighted by molar-refractivity contribution is 5.92. The molecule has 0 saturated heterocycles. The molecule has 0 unspecified atom stereocenters. The first kappa shape index (κ1) is 19.3. The van der Waals surface area contributed by atoms with Crippen LogP contribution in [0.1, 0.15) is 21.6 Å². The fraction of sp³-hybridized carbons (Fsp3) is 0.238. The molecule has 0 aliphatic heterocycles. The van der Waals surface area contributed by atoms with Gasteiger partial charge in [0.05, 0.1) is 7.11 Å². The highest BCUT2D eigenvalue weighted by Gasteiger charge is 2.14. The topological polar surface area (TPSA) is 80.2 Å². The van der Waals surface area contributed by atoms with Gasteiger partial charge in [0.2, 0.25) is 0 Å². The fourth-order valence-electron chi connectivity index (χ4n) is 2.72. The van der Waals surface area contributed by atoms with Crippen molar-refractivity contribution in [2.45, 2.75) is 13.0 Å². The van der Waals surface area contributed by atoms with Gasteiger partial charge in [-0.1, -0.05) is 18.2 Å².